The van der Waals surface area contributed by atoms with Crippen LogP contribution in [0.25, 0.3) is 0 Å². The molecule has 0 aliphatic carbocycles. The Balaban J connectivity index is 1.96. The van der Waals surface area contributed by atoms with Gasteiger partial charge in [-0.2, -0.15) is 5.26 Å². The third kappa shape index (κ3) is 2.43. The van der Waals surface area contributed by atoms with E-state index in [0.717, 1.165) is 16.5 Å². The van der Waals surface area contributed by atoms with Crippen LogP contribution in [-0.2, 0) is 9.53 Å². The molecule has 3 rings (SSSR count). The highest BCUT2D eigenvalue weighted by Crippen LogP contribution is 2.34. The van der Waals surface area contributed by atoms with E-state index in [2.05, 4.69) is 16.0 Å². The van der Waals surface area contributed by atoms with Crippen LogP contribution in [-0.4, -0.2) is 41.4 Å². The number of carbonyl (C=O) groups excluding carboxylic acids is 1. The molecule has 6 nitrogen and oxygen atoms in total. The van der Waals surface area contributed by atoms with Crippen molar-refractivity contribution >= 4 is 23.1 Å². The number of thiazole rings is 1. The topological polar surface area (TPSA) is 78.6 Å². The summed E-state index contributed by atoms with van der Waals surface area (Å²) in [7, 11) is 0. The molecule has 1 atom stereocenters. The third-order valence-corrected chi connectivity index (χ3v) is 4.26. The van der Waals surface area contributed by atoms with Crippen LogP contribution in [0.2, 0.25) is 0 Å². The molecule has 1 saturated heterocycles. The van der Waals surface area contributed by atoms with Crippen LogP contribution in [0.1, 0.15) is 18.4 Å². The number of hydrogen-bond donors (Lipinski definition) is 0. The summed E-state index contributed by atoms with van der Waals surface area (Å²) >= 11 is 1.50. The zero-order valence-corrected chi connectivity index (χ0v) is 12.4. The smallest absolute Gasteiger partial charge is 0.337 e. The Morgan fingerprint density at radius 1 is 1.67 bits per heavy atom. The second kappa shape index (κ2) is 5.66. The van der Waals surface area contributed by atoms with Gasteiger partial charge in [-0.1, -0.05) is 0 Å². The molecule has 0 bridgehead atoms. The lowest BCUT2D eigenvalue weighted by atomic mass is 10.1. The summed E-state index contributed by atoms with van der Waals surface area (Å²) in [6.07, 6.45) is 2.29. The standard InChI is InChI=1S/C14H14N4O2S/c1-2-20-14(19)10-7-17-12(13-16-3-4-21-13)18-8-9(6-15)5-11(10)18/h3-4,9H,2,5,7-8H2,1H3/t9-/m1/s1. The molecule has 0 spiro atoms. The average molecular weight is 302 g/mol. The van der Waals surface area contributed by atoms with Gasteiger partial charge in [0.05, 0.1) is 30.7 Å². The first kappa shape index (κ1) is 13.8. The number of aromatic nitrogens is 1. The van der Waals surface area contributed by atoms with Crippen molar-refractivity contribution in [3.05, 3.63) is 27.9 Å². The van der Waals surface area contributed by atoms with Gasteiger partial charge in [0.25, 0.3) is 0 Å². The SMILES string of the molecule is CCOC(=O)C1=C2C[C@H](C#N)CN2C(c2nccs2)=NC1. The van der Waals surface area contributed by atoms with Gasteiger partial charge in [-0.25, -0.2) is 9.78 Å². The Kier molecular flexibility index (Phi) is 3.71. The first-order chi connectivity index (χ1) is 10.2. The molecule has 7 heteroatoms. The van der Waals surface area contributed by atoms with Crippen LogP contribution >= 0.6 is 11.3 Å². The van der Waals surface area contributed by atoms with Gasteiger partial charge in [-0.15, -0.1) is 11.3 Å². The molecule has 0 amide bonds. The number of ether oxygens (including phenoxy) is 1. The van der Waals surface area contributed by atoms with Gasteiger partial charge in [0.1, 0.15) is 0 Å². The Hall–Kier alpha value is -2.20. The van der Waals surface area contributed by atoms with E-state index in [1.165, 1.54) is 11.3 Å². The van der Waals surface area contributed by atoms with Crippen molar-refractivity contribution in [1.29, 1.82) is 5.26 Å². The second-order valence-electron chi connectivity index (χ2n) is 4.76. The van der Waals surface area contributed by atoms with Crippen molar-refractivity contribution in [2.45, 2.75) is 13.3 Å². The summed E-state index contributed by atoms with van der Waals surface area (Å²) in [5.74, 6) is 0.288. The van der Waals surface area contributed by atoms with E-state index < -0.39 is 0 Å². The molecule has 0 N–H and O–H groups in total. The summed E-state index contributed by atoms with van der Waals surface area (Å²) < 4.78 is 5.10. The molecule has 1 aromatic heterocycles. The molecule has 0 unspecified atom stereocenters. The zero-order chi connectivity index (χ0) is 14.8. The molecule has 1 aromatic rings. The Labute approximate surface area is 126 Å². The molecule has 21 heavy (non-hydrogen) atoms. The minimum absolute atomic E-state index is 0.132. The minimum Gasteiger partial charge on any atom is -0.463 e. The van der Waals surface area contributed by atoms with E-state index in [1.54, 1.807) is 13.1 Å². The van der Waals surface area contributed by atoms with Crippen molar-refractivity contribution in [3.63, 3.8) is 0 Å². The van der Waals surface area contributed by atoms with Crippen LogP contribution in [0, 0.1) is 17.2 Å². The molecular weight excluding hydrogens is 288 g/mol. The van der Waals surface area contributed by atoms with Crippen molar-refractivity contribution in [3.8, 4) is 6.07 Å². The Morgan fingerprint density at radius 3 is 3.19 bits per heavy atom. The van der Waals surface area contributed by atoms with Crippen molar-refractivity contribution in [1.82, 2.24) is 9.88 Å². The van der Waals surface area contributed by atoms with Gasteiger partial charge in [0, 0.05) is 30.2 Å². The van der Waals surface area contributed by atoms with Gasteiger partial charge >= 0.3 is 5.97 Å². The Bertz CT molecular complexity index is 657. The van der Waals surface area contributed by atoms with Crippen LogP contribution in [0.5, 0.6) is 0 Å². The lowest BCUT2D eigenvalue weighted by Gasteiger charge is -2.26. The fraction of sp³-hybridized carbons (Fsp3) is 0.429. The summed E-state index contributed by atoms with van der Waals surface area (Å²) in [4.78, 5) is 22.8. The van der Waals surface area contributed by atoms with E-state index in [9.17, 15) is 10.1 Å². The Morgan fingerprint density at radius 2 is 2.52 bits per heavy atom. The van der Waals surface area contributed by atoms with Crippen LogP contribution in [0.4, 0.5) is 0 Å². The summed E-state index contributed by atoms with van der Waals surface area (Å²) in [5.41, 5.74) is 1.43. The monoisotopic (exact) mass is 302 g/mol. The maximum absolute atomic E-state index is 12.1. The summed E-state index contributed by atoms with van der Waals surface area (Å²) in [5, 5.41) is 11.9. The van der Waals surface area contributed by atoms with Gasteiger partial charge in [0.2, 0.25) is 0 Å². The number of allylic oxidation sites excluding steroid dienone is 1. The zero-order valence-electron chi connectivity index (χ0n) is 11.6. The first-order valence-corrected chi connectivity index (χ1v) is 7.63. The van der Waals surface area contributed by atoms with Crippen molar-refractivity contribution in [2.75, 3.05) is 19.7 Å². The highest BCUT2D eigenvalue weighted by Gasteiger charge is 2.37. The number of fused-ring (bicyclic) bond motifs is 1. The number of carbonyl (C=O) groups is 1. The molecule has 0 aromatic carbocycles. The molecule has 108 valence electrons. The van der Waals surface area contributed by atoms with E-state index >= 15 is 0 Å². The van der Waals surface area contributed by atoms with Crippen LogP contribution in [0.3, 0.4) is 0 Å². The molecule has 3 heterocycles. The maximum atomic E-state index is 12.1. The van der Waals surface area contributed by atoms with E-state index in [-0.39, 0.29) is 18.4 Å². The van der Waals surface area contributed by atoms with Crippen molar-refractivity contribution < 1.29 is 9.53 Å². The predicted molar refractivity (Wildman–Crippen MR) is 77.6 cm³/mol. The highest BCUT2D eigenvalue weighted by atomic mass is 32.1. The number of rotatable bonds is 3. The van der Waals surface area contributed by atoms with Crippen LogP contribution in [0.15, 0.2) is 27.8 Å². The quantitative estimate of drug-likeness (QED) is 0.792. The van der Waals surface area contributed by atoms with Gasteiger partial charge in [-0.3, -0.25) is 4.99 Å². The van der Waals surface area contributed by atoms with Gasteiger partial charge in [0.15, 0.2) is 10.8 Å². The van der Waals surface area contributed by atoms with E-state index in [1.807, 2.05) is 10.3 Å². The molecule has 2 aliphatic rings. The lowest BCUT2D eigenvalue weighted by molar-refractivity contribution is -0.138. The summed E-state index contributed by atoms with van der Waals surface area (Å²) in [6.45, 7) is 2.95. The summed E-state index contributed by atoms with van der Waals surface area (Å²) in [6, 6.07) is 2.28. The predicted octanol–water partition coefficient (Wildman–Crippen LogP) is 1.57. The average Bonchev–Trinajstić information content (AvgIpc) is 3.15. The number of aliphatic imine (C=N–C) groups is 1. The molecule has 1 fully saturated rings. The molecule has 0 radical (unpaired) electrons. The van der Waals surface area contributed by atoms with Crippen molar-refractivity contribution in [2.24, 2.45) is 10.9 Å². The highest BCUT2D eigenvalue weighted by molar-refractivity contribution is 7.11. The normalized spacial score (nSPS) is 20.9. The second-order valence-corrected chi connectivity index (χ2v) is 5.66. The number of nitrogens with zero attached hydrogens (tertiary/aromatic N) is 4. The number of hydrogen-bond acceptors (Lipinski definition) is 7. The maximum Gasteiger partial charge on any atom is 0.337 e. The first-order valence-electron chi connectivity index (χ1n) is 6.75. The minimum atomic E-state index is -0.335. The largest absolute Gasteiger partial charge is 0.463 e. The number of esters is 1. The lowest BCUT2D eigenvalue weighted by Crippen LogP contribution is -2.34. The van der Waals surface area contributed by atoms with Gasteiger partial charge < -0.3 is 9.64 Å². The molecule has 0 saturated carbocycles. The number of amidine groups is 1. The fourth-order valence-electron chi connectivity index (χ4n) is 2.57. The molecule has 2 aliphatic heterocycles. The van der Waals surface area contributed by atoms with Gasteiger partial charge in [-0.05, 0) is 6.92 Å². The number of nitriles is 1. The van der Waals surface area contributed by atoms with E-state index in [4.69, 9.17) is 4.74 Å². The fourth-order valence-corrected chi connectivity index (χ4v) is 3.23. The molecular formula is C14H14N4O2S. The van der Waals surface area contributed by atoms with Crippen LogP contribution < -0.4 is 0 Å². The third-order valence-electron chi connectivity index (χ3n) is 3.49. The van der Waals surface area contributed by atoms with E-state index in [0.29, 0.717) is 25.1 Å².